The van der Waals surface area contributed by atoms with Crippen LogP contribution in [0.5, 0.6) is 0 Å². The van der Waals surface area contributed by atoms with E-state index in [4.69, 9.17) is 5.11 Å². The first-order valence-electron chi connectivity index (χ1n) is 6.79. The van der Waals surface area contributed by atoms with Crippen LogP contribution < -0.4 is 5.32 Å². The minimum Gasteiger partial charge on any atom is -0.476 e. The number of aromatic carboxylic acids is 1. The van der Waals surface area contributed by atoms with Gasteiger partial charge in [-0.25, -0.2) is 9.48 Å². The number of nitrogens with zero attached hydrogens (tertiary/aromatic N) is 4. The summed E-state index contributed by atoms with van der Waals surface area (Å²) in [7, 11) is 0. The molecule has 2 fully saturated rings. The number of hydrogen-bond donors (Lipinski definition) is 2. The molecule has 8 nitrogen and oxygen atoms in total. The Labute approximate surface area is 115 Å². The summed E-state index contributed by atoms with van der Waals surface area (Å²) in [5.41, 5.74) is -0.0303. The standard InChI is InChI=1S/C12H17N5O3/c18-11-4-8(2-1-3-13-11)16-5-9(6-16)17-7-10(12(19)20)14-15-17/h7-9H,1-6H2,(H,13,18)(H,19,20). The number of amides is 1. The zero-order chi connectivity index (χ0) is 14.1. The largest absolute Gasteiger partial charge is 0.476 e. The maximum Gasteiger partial charge on any atom is 0.358 e. The first-order chi connectivity index (χ1) is 9.63. The fourth-order valence-corrected chi connectivity index (χ4v) is 2.77. The van der Waals surface area contributed by atoms with E-state index in [-0.39, 0.29) is 23.7 Å². The summed E-state index contributed by atoms with van der Waals surface area (Å²) < 4.78 is 1.61. The van der Waals surface area contributed by atoms with E-state index in [1.165, 1.54) is 6.20 Å². The second-order valence-corrected chi connectivity index (χ2v) is 5.35. The van der Waals surface area contributed by atoms with Crippen molar-refractivity contribution in [2.45, 2.75) is 31.3 Å². The van der Waals surface area contributed by atoms with Crippen LogP contribution in [0.2, 0.25) is 0 Å². The van der Waals surface area contributed by atoms with Crippen LogP contribution in [0.4, 0.5) is 0 Å². The molecule has 3 heterocycles. The van der Waals surface area contributed by atoms with E-state index in [2.05, 4.69) is 20.5 Å². The Hall–Kier alpha value is -1.96. The smallest absolute Gasteiger partial charge is 0.358 e. The highest BCUT2D eigenvalue weighted by atomic mass is 16.4. The van der Waals surface area contributed by atoms with Gasteiger partial charge in [0.2, 0.25) is 5.91 Å². The fourth-order valence-electron chi connectivity index (χ4n) is 2.77. The van der Waals surface area contributed by atoms with E-state index < -0.39 is 5.97 Å². The van der Waals surface area contributed by atoms with Gasteiger partial charge in [0.15, 0.2) is 5.69 Å². The number of carboxylic acids is 1. The third kappa shape index (κ3) is 2.51. The third-order valence-corrected chi connectivity index (χ3v) is 3.97. The van der Waals surface area contributed by atoms with Gasteiger partial charge in [0, 0.05) is 32.1 Å². The summed E-state index contributed by atoms with van der Waals surface area (Å²) in [6, 6.07) is 0.443. The molecule has 8 heteroatoms. The minimum absolute atomic E-state index is 0.0303. The lowest BCUT2D eigenvalue weighted by atomic mass is 10.00. The molecule has 2 saturated heterocycles. The molecule has 0 aliphatic carbocycles. The molecular weight excluding hydrogens is 262 g/mol. The van der Waals surface area contributed by atoms with Crippen molar-refractivity contribution >= 4 is 11.9 Å². The molecule has 3 rings (SSSR count). The van der Waals surface area contributed by atoms with Crippen LogP contribution in [0.3, 0.4) is 0 Å². The molecule has 2 N–H and O–H groups in total. The summed E-state index contributed by atoms with van der Waals surface area (Å²) in [6.45, 7) is 2.35. The number of hydrogen-bond acceptors (Lipinski definition) is 5. The lowest BCUT2D eigenvalue weighted by molar-refractivity contribution is -0.122. The van der Waals surface area contributed by atoms with Crippen LogP contribution in [0.25, 0.3) is 0 Å². The van der Waals surface area contributed by atoms with Gasteiger partial charge in [-0.2, -0.15) is 0 Å². The quantitative estimate of drug-likeness (QED) is 0.774. The normalized spacial score (nSPS) is 24.8. The molecule has 0 saturated carbocycles. The van der Waals surface area contributed by atoms with Gasteiger partial charge in [0.05, 0.1) is 12.2 Å². The highest BCUT2D eigenvalue weighted by Crippen LogP contribution is 2.26. The first kappa shape index (κ1) is 13.0. The van der Waals surface area contributed by atoms with Crippen molar-refractivity contribution in [3.63, 3.8) is 0 Å². The highest BCUT2D eigenvalue weighted by molar-refractivity contribution is 5.84. The fraction of sp³-hybridized carbons (Fsp3) is 0.667. The second-order valence-electron chi connectivity index (χ2n) is 5.35. The van der Waals surface area contributed by atoms with Gasteiger partial charge >= 0.3 is 5.97 Å². The van der Waals surface area contributed by atoms with Gasteiger partial charge in [-0.15, -0.1) is 5.10 Å². The van der Waals surface area contributed by atoms with Gasteiger partial charge < -0.3 is 10.4 Å². The van der Waals surface area contributed by atoms with E-state index in [1.807, 2.05) is 0 Å². The van der Waals surface area contributed by atoms with Gasteiger partial charge in [-0.3, -0.25) is 9.69 Å². The Morgan fingerprint density at radius 2 is 2.20 bits per heavy atom. The van der Waals surface area contributed by atoms with Crippen LogP contribution >= 0.6 is 0 Å². The van der Waals surface area contributed by atoms with E-state index in [1.54, 1.807) is 4.68 Å². The lowest BCUT2D eigenvalue weighted by Gasteiger charge is -2.43. The van der Waals surface area contributed by atoms with Crippen molar-refractivity contribution in [3.8, 4) is 0 Å². The Morgan fingerprint density at radius 1 is 1.40 bits per heavy atom. The Balaban J connectivity index is 1.57. The molecule has 2 aliphatic heterocycles. The molecule has 20 heavy (non-hydrogen) atoms. The van der Waals surface area contributed by atoms with E-state index >= 15 is 0 Å². The van der Waals surface area contributed by atoms with Crippen molar-refractivity contribution in [2.75, 3.05) is 19.6 Å². The van der Waals surface area contributed by atoms with Crippen molar-refractivity contribution in [2.24, 2.45) is 0 Å². The predicted octanol–water partition coefficient (Wildman–Crippen LogP) is -0.498. The average molecular weight is 279 g/mol. The van der Waals surface area contributed by atoms with Crippen LogP contribution in [0.15, 0.2) is 6.20 Å². The van der Waals surface area contributed by atoms with Gasteiger partial charge in [0.1, 0.15) is 0 Å². The molecule has 0 spiro atoms. The molecule has 1 aromatic rings. The molecule has 1 aromatic heterocycles. The van der Waals surface area contributed by atoms with Gasteiger partial charge in [-0.05, 0) is 12.8 Å². The summed E-state index contributed by atoms with van der Waals surface area (Å²) >= 11 is 0. The Kier molecular flexibility index (Phi) is 3.39. The van der Waals surface area contributed by atoms with Crippen LogP contribution in [-0.2, 0) is 4.79 Å². The number of likely N-dealkylation sites (tertiary alicyclic amines) is 1. The summed E-state index contributed by atoms with van der Waals surface area (Å²) in [4.78, 5) is 24.6. The van der Waals surface area contributed by atoms with Crippen LogP contribution in [0, 0.1) is 0 Å². The molecular formula is C12H17N5O3. The SMILES string of the molecule is O=C1CC(N2CC(n3cc(C(=O)O)nn3)C2)CCCN1. The second kappa shape index (κ2) is 5.20. The predicted molar refractivity (Wildman–Crippen MR) is 68.2 cm³/mol. The van der Waals surface area contributed by atoms with E-state index in [0.29, 0.717) is 6.42 Å². The summed E-state index contributed by atoms with van der Waals surface area (Å²) in [5.74, 6) is -0.947. The molecule has 0 radical (unpaired) electrons. The molecule has 1 amide bonds. The maximum atomic E-state index is 11.5. The first-order valence-corrected chi connectivity index (χ1v) is 6.79. The number of aromatic nitrogens is 3. The Bertz CT molecular complexity index is 523. The van der Waals surface area contributed by atoms with E-state index in [0.717, 1.165) is 32.5 Å². The maximum absolute atomic E-state index is 11.5. The number of carbonyl (C=O) groups is 2. The molecule has 108 valence electrons. The third-order valence-electron chi connectivity index (χ3n) is 3.97. The molecule has 1 unspecified atom stereocenters. The number of rotatable bonds is 3. The zero-order valence-corrected chi connectivity index (χ0v) is 11.0. The van der Waals surface area contributed by atoms with Gasteiger partial charge in [-0.1, -0.05) is 5.21 Å². The lowest BCUT2D eigenvalue weighted by Crippen LogP contribution is -2.53. The monoisotopic (exact) mass is 279 g/mol. The summed E-state index contributed by atoms with van der Waals surface area (Å²) in [6.07, 6.45) is 4.03. The van der Waals surface area contributed by atoms with E-state index in [9.17, 15) is 9.59 Å². The molecule has 0 bridgehead atoms. The highest BCUT2D eigenvalue weighted by Gasteiger charge is 2.35. The van der Waals surface area contributed by atoms with Crippen molar-refractivity contribution in [1.29, 1.82) is 0 Å². The Morgan fingerprint density at radius 3 is 2.90 bits per heavy atom. The molecule has 2 aliphatic rings. The molecule has 0 aromatic carbocycles. The minimum atomic E-state index is -1.06. The molecule has 1 atom stereocenters. The van der Waals surface area contributed by atoms with Gasteiger partial charge in [0.25, 0.3) is 0 Å². The number of carbonyl (C=O) groups excluding carboxylic acids is 1. The average Bonchev–Trinajstić information content (AvgIpc) is 2.72. The van der Waals surface area contributed by atoms with Crippen LogP contribution in [0.1, 0.15) is 35.8 Å². The van der Waals surface area contributed by atoms with Crippen molar-refractivity contribution in [1.82, 2.24) is 25.2 Å². The van der Waals surface area contributed by atoms with Crippen LogP contribution in [-0.4, -0.2) is 62.6 Å². The topological polar surface area (TPSA) is 100 Å². The van der Waals surface area contributed by atoms with Crippen molar-refractivity contribution in [3.05, 3.63) is 11.9 Å². The zero-order valence-electron chi connectivity index (χ0n) is 11.0. The summed E-state index contributed by atoms with van der Waals surface area (Å²) in [5, 5.41) is 19.2. The van der Waals surface area contributed by atoms with Crippen molar-refractivity contribution < 1.29 is 14.7 Å². The number of carboxylic acid groups (broad SMARTS) is 1. The number of nitrogens with one attached hydrogen (secondary N) is 1.